The molecule has 0 spiro atoms. The van der Waals surface area contributed by atoms with Gasteiger partial charge in [0.1, 0.15) is 12.5 Å². The van der Waals surface area contributed by atoms with E-state index in [1.165, 1.54) is 83.7 Å². The number of hydrogen-bond acceptors (Lipinski definition) is 1. The van der Waals surface area contributed by atoms with E-state index in [2.05, 4.69) is 34.2 Å². The van der Waals surface area contributed by atoms with Gasteiger partial charge >= 0.3 is 0 Å². The summed E-state index contributed by atoms with van der Waals surface area (Å²) in [5.41, 5.74) is 0. The zero-order valence-electron chi connectivity index (χ0n) is 16.6. The highest BCUT2D eigenvalue weighted by Gasteiger charge is 2.16. The summed E-state index contributed by atoms with van der Waals surface area (Å²) in [5, 5.41) is 0. The summed E-state index contributed by atoms with van der Waals surface area (Å²) < 4.78 is 6.73. The predicted molar refractivity (Wildman–Crippen MR) is 109 cm³/mol. The van der Waals surface area contributed by atoms with Crippen LogP contribution in [0.5, 0.6) is 0 Å². The monoisotopic (exact) mass is 345 g/mol. The summed E-state index contributed by atoms with van der Waals surface area (Å²) >= 11 is 0. The Kier molecular flexibility index (Phi) is 15.7. The van der Waals surface area contributed by atoms with Gasteiger partial charge < -0.3 is 4.48 Å². The van der Waals surface area contributed by atoms with Crippen molar-refractivity contribution in [1.82, 2.24) is 0 Å². The van der Waals surface area contributed by atoms with Crippen LogP contribution in [-0.4, -0.2) is 50.7 Å². The molecule has 0 bridgehead atoms. The molecule has 0 radical (unpaired) electrons. The van der Waals surface area contributed by atoms with Crippen LogP contribution in [0.2, 0.25) is 0 Å². The van der Waals surface area contributed by atoms with Gasteiger partial charge in [-0.15, -0.1) is 0 Å². The van der Waals surface area contributed by atoms with Crippen LogP contribution in [0.3, 0.4) is 0 Å². The second-order valence-corrected chi connectivity index (χ2v) is 9.21. The minimum atomic E-state index is -0.423. The molecule has 0 heterocycles. The van der Waals surface area contributed by atoms with E-state index in [-0.39, 0.29) is 0 Å². The predicted octanol–water partition coefficient (Wildman–Crippen LogP) is 6.24. The van der Waals surface area contributed by atoms with Crippen LogP contribution < -0.4 is 0 Å². The molecule has 0 fully saturated rings. The van der Waals surface area contributed by atoms with Crippen LogP contribution in [0.1, 0.15) is 84.5 Å². The Balaban J connectivity index is 3.43. The molecule has 0 aliphatic carbocycles. The Morgan fingerprint density at radius 3 is 1.74 bits per heavy atom. The van der Waals surface area contributed by atoms with Crippen molar-refractivity contribution < 1.29 is 9.01 Å². The second-order valence-electron chi connectivity index (χ2n) is 7.54. The Morgan fingerprint density at radius 1 is 0.739 bits per heavy atom. The standard InChI is InChI=1S/C20H44NOP/c1-6-8-9-10-11-12-13-14-15-16-18-21(3,4)19-17-20-23(5)22-7-2/h5-20H2,1-4H3/q+2. The van der Waals surface area contributed by atoms with Crippen molar-refractivity contribution >= 4 is 14.1 Å². The van der Waals surface area contributed by atoms with E-state index in [1.807, 2.05) is 0 Å². The second kappa shape index (κ2) is 15.6. The van der Waals surface area contributed by atoms with Crippen LogP contribution in [-0.2, 0) is 4.52 Å². The van der Waals surface area contributed by atoms with Gasteiger partial charge in [0, 0.05) is 6.42 Å². The molecule has 0 amide bonds. The first-order valence-electron chi connectivity index (χ1n) is 10.0. The summed E-state index contributed by atoms with van der Waals surface area (Å²) in [6.45, 7) is 7.74. The smallest absolute Gasteiger partial charge is 0.246 e. The maximum absolute atomic E-state index is 5.57. The Bertz CT molecular complexity index is 279. The summed E-state index contributed by atoms with van der Waals surface area (Å²) in [6, 6.07) is 0. The number of nitrogens with zero attached hydrogens (tertiary/aromatic N) is 1. The molecule has 0 aromatic heterocycles. The normalized spacial score (nSPS) is 12.6. The topological polar surface area (TPSA) is 9.23 Å². The molecule has 3 heteroatoms. The third-order valence-electron chi connectivity index (χ3n) is 4.60. The first-order chi connectivity index (χ1) is 11.0. The largest absolute Gasteiger partial charge is 0.328 e. The quantitative estimate of drug-likeness (QED) is 0.172. The highest BCUT2D eigenvalue weighted by Crippen LogP contribution is 2.22. The van der Waals surface area contributed by atoms with Gasteiger partial charge in [-0.2, -0.15) is 4.52 Å². The van der Waals surface area contributed by atoms with Crippen molar-refractivity contribution in [1.29, 1.82) is 0 Å². The van der Waals surface area contributed by atoms with Gasteiger partial charge in [-0.05, 0) is 19.8 Å². The maximum atomic E-state index is 5.57. The first kappa shape index (κ1) is 23.1. The molecular formula is C20H44NOP+2. The fraction of sp³-hybridized carbons (Fsp3) is 0.950. The van der Waals surface area contributed by atoms with Crippen molar-refractivity contribution in [2.75, 3.05) is 40.0 Å². The van der Waals surface area contributed by atoms with Crippen molar-refractivity contribution in [3.8, 4) is 0 Å². The molecule has 0 aliphatic heterocycles. The van der Waals surface area contributed by atoms with Crippen molar-refractivity contribution in [2.45, 2.75) is 84.5 Å². The third kappa shape index (κ3) is 16.7. The summed E-state index contributed by atoms with van der Waals surface area (Å²) in [5.74, 6) is 0. The Labute approximate surface area is 148 Å². The minimum Gasteiger partial charge on any atom is -0.328 e. The van der Waals surface area contributed by atoms with E-state index < -0.39 is 7.77 Å². The molecular weight excluding hydrogens is 301 g/mol. The van der Waals surface area contributed by atoms with Gasteiger partial charge in [-0.25, -0.2) is 0 Å². The van der Waals surface area contributed by atoms with Gasteiger partial charge in [0.05, 0.1) is 33.8 Å². The van der Waals surface area contributed by atoms with E-state index in [9.17, 15) is 0 Å². The molecule has 0 aliphatic rings. The van der Waals surface area contributed by atoms with Crippen LogP contribution in [0, 0.1) is 0 Å². The third-order valence-corrected chi connectivity index (χ3v) is 6.04. The molecule has 0 saturated carbocycles. The number of hydrogen-bond donors (Lipinski definition) is 0. The molecule has 0 aromatic rings. The average Bonchev–Trinajstić information content (AvgIpc) is 2.49. The first-order valence-corrected chi connectivity index (χ1v) is 11.7. The van der Waals surface area contributed by atoms with Gasteiger partial charge in [-0.3, -0.25) is 0 Å². The highest BCUT2D eigenvalue weighted by molar-refractivity contribution is 7.50. The van der Waals surface area contributed by atoms with Crippen molar-refractivity contribution in [3.05, 3.63) is 0 Å². The average molecular weight is 346 g/mol. The van der Waals surface area contributed by atoms with E-state index in [0.717, 1.165) is 17.3 Å². The molecule has 0 saturated heterocycles. The SMILES string of the molecule is C=[P+](CCC[N+](C)(C)CCCCCCCCCCCC)OCC. The van der Waals surface area contributed by atoms with E-state index >= 15 is 0 Å². The van der Waals surface area contributed by atoms with Gasteiger partial charge in [0.2, 0.25) is 7.77 Å². The Morgan fingerprint density at radius 2 is 1.22 bits per heavy atom. The van der Waals surface area contributed by atoms with Crippen LogP contribution in [0.25, 0.3) is 0 Å². The fourth-order valence-electron chi connectivity index (χ4n) is 3.06. The lowest BCUT2D eigenvalue weighted by atomic mass is 10.1. The lowest BCUT2D eigenvalue weighted by Gasteiger charge is -2.29. The lowest BCUT2D eigenvalue weighted by molar-refractivity contribution is -0.890. The number of quaternary nitrogens is 1. The minimum absolute atomic E-state index is 0.423. The summed E-state index contributed by atoms with van der Waals surface area (Å²) in [7, 11) is 4.33. The molecule has 0 N–H and O–H groups in total. The molecule has 0 aromatic carbocycles. The van der Waals surface area contributed by atoms with Gasteiger partial charge in [0.15, 0.2) is 0 Å². The zero-order valence-corrected chi connectivity index (χ0v) is 17.5. The fourth-order valence-corrected chi connectivity index (χ4v) is 4.05. The molecule has 1 atom stereocenters. The van der Waals surface area contributed by atoms with Crippen molar-refractivity contribution in [2.24, 2.45) is 0 Å². The molecule has 138 valence electrons. The van der Waals surface area contributed by atoms with Crippen molar-refractivity contribution in [3.63, 3.8) is 0 Å². The molecule has 23 heavy (non-hydrogen) atoms. The van der Waals surface area contributed by atoms with Gasteiger partial charge in [0.25, 0.3) is 0 Å². The molecule has 2 nitrogen and oxygen atoms in total. The molecule has 1 unspecified atom stereocenters. The van der Waals surface area contributed by atoms with Gasteiger partial charge in [-0.1, -0.05) is 58.3 Å². The summed E-state index contributed by atoms with van der Waals surface area (Å²) in [4.78, 5) is 0. The van der Waals surface area contributed by atoms with Crippen LogP contribution in [0.15, 0.2) is 0 Å². The number of rotatable bonds is 17. The van der Waals surface area contributed by atoms with E-state index in [0.29, 0.717) is 0 Å². The lowest BCUT2D eigenvalue weighted by Crippen LogP contribution is -2.41. The zero-order chi connectivity index (χ0) is 17.4. The number of unbranched alkanes of at least 4 members (excludes halogenated alkanes) is 9. The van der Waals surface area contributed by atoms with E-state index in [1.54, 1.807) is 0 Å². The summed E-state index contributed by atoms with van der Waals surface area (Å²) in [6.07, 6.45) is 20.8. The molecule has 0 rings (SSSR count). The Hall–Kier alpha value is 0.0900. The highest BCUT2D eigenvalue weighted by atomic mass is 31.1. The van der Waals surface area contributed by atoms with E-state index in [4.69, 9.17) is 4.52 Å². The van der Waals surface area contributed by atoms with Crippen LogP contribution >= 0.6 is 7.77 Å². The maximum Gasteiger partial charge on any atom is 0.246 e. The van der Waals surface area contributed by atoms with Crippen LogP contribution in [0.4, 0.5) is 0 Å².